The average Bonchev–Trinajstić information content (AvgIpc) is 2.63. The second-order valence-electron chi connectivity index (χ2n) is 6.03. The predicted octanol–water partition coefficient (Wildman–Crippen LogP) is 1.65. The minimum atomic E-state index is -3.07. The third-order valence-corrected chi connectivity index (χ3v) is 5.19. The van der Waals surface area contributed by atoms with Crippen LogP contribution in [-0.4, -0.2) is 63.2 Å². The molecule has 5 nitrogen and oxygen atoms in total. The smallest absolute Gasteiger partial charge is 0.211 e. The maximum atomic E-state index is 11.6. The molecular formula is C16H26N2O3S. The van der Waals surface area contributed by atoms with E-state index >= 15 is 0 Å². The summed E-state index contributed by atoms with van der Waals surface area (Å²) >= 11 is 0. The number of benzene rings is 1. The van der Waals surface area contributed by atoms with Crippen LogP contribution in [0.15, 0.2) is 18.2 Å². The van der Waals surface area contributed by atoms with Gasteiger partial charge in [0.2, 0.25) is 10.0 Å². The molecule has 6 heteroatoms. The van der Waals surface area contributed by atoms with Gasteiger partial charge in [0.05, 0.1) is 6.26 Å². The van der Waals surface area contributed by atoms with Gasteiger partial charge in [-0.05, 0) is 50.1 Å². The molecule has 0 aliphatic carbocycles. The van der Waals surface area contributed by atoms with E-state index in [1.807, 2.05) is 12.1 Å². The third-order valence-electron chi connectivity index (χ3n) is 3.89. The van der Waals surface area contributed by atoms with Gasteiger partial charge in [-0.2, -0.15) is 0 Å². The summed E-state index contributed by atoms with van der Waals surface area (Å²) in [5.74, 6) is 0.907. The SMILES string of the molecule is Cc1cc(C)cc(OCCN2CCCN(S(C)(=O)=O)CC2)c1. The van der Waals surface area contributed by atoms with Gasteiger partial charge in [-0.3, -0.25) is 4.90 Å². The van der Waals surface area contributed by atoms with E-state index in [9.17, 15) is 8.42 Å². The Morgan fingerprint density at radius 1 is 1.05 bits per heavy atom. The first-order valence-electron chi connectivity index (χ1n) is 7.73. The largest absolute Gasteiger partial charge is 0.492 e. The van der Waals surface area contributed by atoms with Crippen LogP contribution in [0.5, 0.6) is 5.75 Å². The number of nitrogens with zero attached hydrogens (tertiary/aromatic N) is 2. The standard InChI is InChI=1S/C16H26N2O3S/c1-14-11-15(2)13-16(12-14)21-10-9-17-5-4-6-18(8-7-17)22(3,19)20/h11-13H,4-10H2,1-3H3. The monoisotopic (exact) mass is 326 g/mol. The fraction of sp³-hybridized carbons (Fsp3) is 0.625. The molecule has 0 unspecified atom stereocenters. The topological polar surface area (TPSA) is 49.9 Å². The van der Waals surface area contributed by atoms with Crippen molar-refractivity contribution in [3.8, 4) is 5.75 Å². The summed E-state index contributed by atoms with van der Waals surface area (Å²) in [6.07, 6.45) is 2.16. The lowest BCUT2D eigenvalue weighted by atomic mass is 10.1. The molecule has 22 heavy (non-hydrogen) atoms. The summed E-state index contributed by atoms with van der Waals surface area (Å²) in [5, 5.41) is 0. The van der Waals surface area contributed by atoms with Gasteiger partial charge in [-0.1, -0.05) is 6.07 Å². The Balaban J connectivity index is 1.80. The molecular weight excluding hydrogens is 300 g/mol. The van der Waals surface area contributed by atoms with Crippen molar-refractivity contribution in [1.29, 1.82) is 0 Å². The summed E-state index contributed by atoms with van der Waals surface area (Å²) in [4.78, 5) is 2.27. The number of ether oxygens (including phenoxy) is 1. The zero-order valence-corrected chi connectivity index (χ0v) is 14.5. The molecule has 0 radical (unpaired) electrons. The number of aryl methyl sites for hydroxylation is 2. The van der Waals surface area contributed by atoms with E-state index in [2.05, 4.69) is 24.8 Å². The van der Waals surface area contributed by atoms with E-state index in [1.54, 1.807) is 4.31 Å². The van der Waals surface area contributed by atoms with Crippen molar-refractivity contribution in [2.24, 2.45) is 0 Å². The molecule has 1 fully saturated rings. The van der Waals surface area contributed by atoms with Crippen LogP contribution in [0.4, 0.5) is 0 Å². The predicted molar refractivity (Wildman–Crippen MR) is 88.9 cm³/mol. The van der Waals surface area contributed by atoms with Gasteiger partial charge in [0.15, 0.2) is 0 Å². The molecule has 0 atom stereocenters. The molecule has 0 N–H and O–H groups in total. The fourth-order valence-electron chi connectivity index (χ4n) is 2.81. The van der Waals surface area contributed by atoms with Crippen LogP contribution in [0.25, 0.3) is 0 Å². The number of rotatable bonds is 5. The molecule has 1 saturated heterocycles. The lowest BCUT2D eigenvalue weighted by Crippen LogP contribution is -2.35. The van der Waals surface area contributed by atoms with Crippen molar-refractivity contribution in [3.05, 3.63) is 29.3 Å². The molecule has 1 heterocycles. The van der Waals surface area contributed by atoms with Gasteiger partial charge < -0.3 is 4.74 Å². The number of hydrogen-bond donors (Lipinski definition) is 0. The van der Waals surface area contributed by atoms with Gasteiger partial charge in [0.25, 0.3) is 0 Å². The van der Waals surface area contributed by atoms with E-state index in [1.165, 1.54) is 17.4 Å². The highest BCUT2D eigenvalue weighted by molar-refractivity contribution is 7.88. The molecule has 1 aromatic rings. The molecule has 2 rings (SSSR count). The van der Waals surface area contributed by atoms with E-state index in [0.29, 0.717) is 19.7 Å². The van der Waals surface area contributed by atoms with E-state index in [0.717, 1.165) is 31.8 Å². The van der Waals surface area contributed by atoms with Crippen LogP contribution >= 0.6 is 0 Å². The minimum absolute atomic E-state index is 0.572. The first kappa shape index (κ1) is 17.2. The van der Waals surface area contributed by atoms with Crippen LogP contribution in [-0.2, 0) is 10.0 Å². The Kier molecular flexibility index (Phi) is 5.83. The van der Waals surface area contributed by atoms with Gasteiger partial charge in [-0.15, -0.1) is 0 Å². The first-order chi connectivity index (χ1) is 10.3. The normalized spacial score (nSPS) is 18.1. The zero-order chi connectivity index (χ0) is 16.2. The van der Waals surface area contributed by atoms with Gasteiger partial charge >= 0.3 is 0 Å². The highest BCUT2D eigenvalue weighted by atomic mass is 32.2. The van der Waals surface area contributed by atoms with Crippen molar-refractivity contribution in [1.82, 2.24) is 9.21 Å². The molecule has 124 valence electrons. The lowest BCUT2D eigenvalue weighted by Gasteiger charge is -2.20. The first-order valence-corrected chi connectivity index (χ1v) is 9.58. The summed E-state index contributed by atoms with van der Waals surface area (Å²) in [6.45, 7) is 8.45. The summed E-state index contributed by atoms with van der Waals surface area (Å²) in [6, 6.07) is 6.21. The molecule has 1 aliphatic heterocycles. The van der Waals surface area contributed by atoms with Crippen LogP contribution in [0.3, 0.4) is 0 Å². The van der Waals surface area contributed by atoms with Crippen molar-refractivity contribution < 1.29 is 13.2 Å². The Hall–Kier alpha value is -1.11. The van der Waals surface area contributed by atoms with Gasteiger partial charge in [0.1, 0.15) is 12.4 Å². The van der Waals surface area contributed by atoms with E-state index < -0.39 is 10.0 Å². The minimum Gasteiger partial charge on any atom is -0.492 e. The van der Waals surface area contributed by atoms with Crippen LogP contribution in [0.1, 0.15) is 17.5 Å². The second kappa shape index (κ2) is 7.44. The molecule has 0 aromatic heterocycles. The Morgan fingerprint density at radius 3 is 2.36 bits per heavy atom. The van der Waals surface area contributed by atoms with Crippen LogP contribution < -0.4 is 4.74 Å². The second-order valence-corrected chi connectivity index (χ2v) is 8.01. The summed E-state index contributed by atoms with van der Waals surface area (Å²) < 4.78 is 30.6. The molecule has 1 aromatic carbocycles. The molecule has 0 saturated carbocycles. The highest BCUT2D eigenvalue weighted by Crippen LogP contribution is 2.16. The van der Waals surface area contributed by atoms with E-state index in [-0.39, 0.29) is 0 Å². The fourth-order valence-corrected chi connectivity index (χ4v) is 3.69. The quantitative estimate of drug-likeness (QED) is 0.825. The van der Waals surface area contributed by atoms with Crippen LogP contribution in [0.2, 0.25) is 0 Å². The molecule has 0 spiro atoms. The Labute approximate surface area is 133 Å². The zero-order valence-electron chi connectivity index (χ0n) is 13.7. The maximum Gasteiger partial charge on any atom is 0.211 e. The number of sulfonamides is 1. The lowest BCUT2D eigenvalue weighted by molar-refractivity contribution is 0.215. The van der Waals surface area contributed by atoms with Gasteiger partial charge in [0, 0.05) is 26.2 Å². The Morgan fingerprint density at radius 2 is 1.73 bits per heavy atom. The van der Waals surface area contributed by atoms with Crippen molar-refractivity contribution >= 4 is 10.0 Å². The third kappa shape index (κ3) is 5.26. The molecule has 1 aliphatic rings. The average molecular weight is 326 g/mol. The van der Waals surface area contributed by atoms with Crippen molar-refractivity contribution in [2.75, 3.05) is 45.6 Å². The van der Waals surface area contributed by atoms with E-state index in [4.69, 9.17) is 4.74 Å². The van der Waals surface area contributed by atoms with Gasteiger partial charge in [-0.25, -0.2) is 12.7 Å². The maximum absolute atomic E-state index is 11.6. The highest BCUT2D eigenvalue weighted by Gasteiger charge is 2.20. The van der Waals surface area contributed by atoms with Crippen LogP contribution in [0, 0.1) is 13.8 Å². The Bertz CT molecular complexity index is 581. The summed E-state index contributed by atoms with van der Waals surface area (Å²) in [5.41, 5.74) is 2.40. The van der Waals surface area contributed by atoms with Crippen molar-refractivity contribution in [2.45, 2.75) is 20.3 Å². The number of hydrogen-bond acceptors (Lipinski definition) is 4. The molecule has 0 bridgehead atoms. The summed E-state index contributed by atoms with van der Waals surface area (Å²) in [7, 11) is -3.07. The molecule has 0 amide bonds. The van der Waals surface area contributed by atoms with Crippen molar-refractivity contribution in [3.63, 3.8) is 0 Å².